The van der Waals surface area contributed by atoms with E-state index in [-0.39, 0.29) is 11.8 Å². The molecule has 0 spiro atoms. The van der Waals surface area contributed by atoms with E-state index in [2.05, 4.69) is 24.3 Å². The highest BCUT2D eigenvalue weighted by atomic mass is 16.5. The van der Waals surface area contributed by atoms with Crippen LogP contribution in [0.2, 0.25) is 0 Å². The molecule has 5 aromatic rings. The van der Waals surface area contributed by atoms with Crippen LogP contribution in [0.15, 0.2) is 72.8 Å². The smallest absolute Gasteiger partial charge is 0.145 e. The summed E-state index contributed by atoms with van der Waals surface area (Å²) in [4.78, 5) is 0. The Morgan fingerprint density at radius 1 is 0.288 bits per heavy atom. The molecule has 0 fully saturated rings. The summed E-state index contributed by atoms with van der Waals surface area (Å²) in [5, 5.41) is 0. The van der Waals surface area contributed by atoms with Crippen molar-refractivity contribution >= 4 is 22.7 Å². The van der Waals surface area contributed by atoms with Gasteiger partial charge in [0.15, 0.2) is 0 Å². The van der Waals surface area contributed by atoms with Gasteiger partial charge in [0.25, 0.3) is 0 Å². The van der Waals surface area contributed by atoms with Gasteiger partial charge in [0.1, 0.15) is 68.7 Å². The Bertz CT molecular complexity index is 1680. The molecule has 274 valence electrons. The van der Waals surface area contributed by atoms with E-state index in [1.165, 1.54) is 0 Å². The van der Waals surface area contributed by atoms with Gasteiger partial charge in [-0.2, -0.15) is 0 Å². The first-order chi connectivity index (χ1) is 25.1. The third kappa shape index (κ3) is 6.87. The van der Waals surface area contributed by atoms with E-state index in [4.69, 9.17) is 60.8 Å². The molecule has 0 aromatic heterocycles. The molecule has 0 unspecified atom stereocenters. The Hall–Kier alpha value is -6.30. The van der Waals surface area contributed by atoms with E-state index in [0.717, 1.165) is 33.4 Å². The Morgan fingerprint density at radius 2 is 0.442 bits per heavy atom. The van der Waals surface area contributed by atoms with Gasteiger partial charge in [-0.1, -0.05) is 24.3 Å². The molecular formula is C40H46N4O8. The van der Waals surface area contributed by atoms with Crippen LogP contribution in [-0.2, 0) is 0 Å². The summed E-state index contributed by atoms with van der Waals surface area (Å²) in [5.41, 5.74) is 32.3. The normalized spacial score (nSPS) is 11.0. The number of nitrogen functional groups attached to an aromatic ring is 4. The molecular weight excluding hydrogens is 664 g/mol. The van der Waals surface area contributed by atoms with Gasteiger partial charge >= 0.3 is 0 Å². The molecule has 12 nitrogen and oxygen atoms in total. The summed E-state index contributed by atoms with van der Waals surface area (Å²) in [7, 11) is 12.5. The lowest BCUT2D eigenvalue weighted by Crippen LogP contribution is -2.10. The highest BCUT2D eigenvalue weighted by molar-refractivity contribution is 5.71. The van der Waals surface area contributed by atoms with Crippen LogP contribution in [0.1, 0.15) is 45.2 Å². The van der Waals surface area contributed by atoms with Gasteiger partial charge < -0.3 is 60.8 Å². The van der Waals surface area contributed by atoms with E-state index < -0.39 is 0 Å². The van der Waals surface area contributed by atoms with Crippen LogP contribution < -0.4 is 60.8 Å². The van der Waals surface area contributed by atoms with Gasteiger partial charge in [0.05, 0.1) is 56.9 Å². The van der Waals surface area contributed by atoms with Crippen LogP contribution in [0.4, 0.5) is 22.7 Å². The fraction of sp³-hybridized carbons (Fsp3) is 0.250. The average molecular weight is 711 g/mol. The lowest BCUT2D eigenvalue weighted by Gasteiger charge is -2.25. The minimum atomic E-state index is -0.368. The Balaban J connectivity index is 1.77. The number of hydrogen-bond donors (Lipinski definition) is 4. The summed E-state index contributed by atoms with van der Waals surface area (Å²) in [6.45, 7) is 0. The van der Waals surface area contributed by atoms with Crippen molar-refractivity contribution in [3.05, 3.63) is 106 Å². The summed E-state index contributed by atoms with van der Waals surface area (Å²) in [6.07, 6.45) is 0. The first-order valence-corrected chi connectivity index (χ1v) is 16.2. The summed E-state index contributed by atoms with van der Waals surface area (Å²) in [6, 6.07) is 23.4. The van der Waals surface area contributed by atoms with Crippen LogP contribution in [0.25, 0.3) is 0 Å². The molecule has 0 saturated carbocycles. The molecule has 0 aliphatic heterocycles. The van der Waals surface area contributed by atoms with E-state index in [0.29, 0.717) is 68.7 Å². The summed E-state index contributed by atoms with van der Waals surface area (Å²) >= 11 is 0. The fourth-order valence-electron chi connectivity index (χ4n) is 6.54. The van der Waals surface area contributed by atoms with Gasteiger partial charge in [0.2, 0.25) is 0 Å². The van der Waals surface area contributed by atoms with Gasteiger partial charge in [0, 0.05) is 11.8 Å². The van der Waals surface area contributed by atoms with E-state index in [1.54, 1.807) is 56.9 Å². The fourth-order valence-corrected chi connectivity index (χ4v) is 6.54. The quantitative estimate of drug-likeness (QED) is 0.0733. The minimum Gasteiger partial charge on any atom is -0.494 e. The molecule has 8 N–H and O–H groups in total. The van der Waals surface area contributed by atoms with E-state index in [1.807, 2.05) is 48.5 Å². The van der Waals surface area contributed by atoms with Crippen molar-refractivity contribution in [1.29, 1.82) is 0 Å². The monoisotopic (exact) mass is 710 g/mol. The lowest BCUT2D eigenvalue weighted by atomic mass is 9.81. The standard InChI is InChI=1S/C40H46N4O8/c1-45-27-13-23(14-28(46-2)37(27)41)35(24-15-29(47-3)38(42)30(16-24)48-4)21-9-11-22(12-10-21)36(25-17-31(49-5)39(43)32(18-25)50-6)26-19-33(51-7)40(44)34(20-26)52-8/h9-20,35-36H,41-44H2,1-8H3. The Morgan fingerprint density at radius 3 is 0.577 bits per heavy atom. The van der Waals surface area contributed by atoms with Crippen molar-refractivity contribution < 1.29 is 37.9 Å². The zero-order chi connectivity index (χ0) is 37.7. The van der Waals surface area contributed by atoms with Crippen molar-refractivity contribution in [2.24, 2.45) is 0 Å². The first kappa shape index (κ1) is 37.0. The molecule has 5 aromatic carbocycles. The number of rotatable bonds is 14. The maximum Gasteiger partial charge on any atom is 0.145 e. The lowest BCUT2D eigenvalue weighted by molar-refractivity contribution is 0.396. The molecule has 12 heteroatoms. The van der Waals surface area contributed by atoms with Crippen LogP contribution >= 0.6 is 0 Å². The predicted molar refractivity (Wildman–Crippen MR) is 204 cm³/mol. The molecule has 0 atom stereocenters. The van der Waals surface area contributed by atoms with Crippen molar-refractivity contribution in [2.45, 2.75) is 11.8 Å². The summed E-state index contributed by atoms with van der Waals surface area (Å²) in [5.74, 6) is 3.06. The van der Waals surface area contributed by atoms with Crippen LogP contribution in [-0.4, -0.2) is 56.9 Å². The van der Waals surface area contributed by atoms with Crippen molar-refractivity contribution in [2.75, 3.05) is 79.8 Å². The second kappa shape index (κ2) is 15.7. The molecule has 0 heterocycles. The molecule has 0 radical (unpaired) electrons. The largest absolute Gasteiger partial charge is 0.494 e. The Labute approximate surface area is 304 Å². The zero-order valence-corrected chi connectivity index (χ0v) is 30.7. The molecule has 52 heavy (non-hydrogen) atoms. The second-order valence-corrected chi connectivity index (χ2v) is 11.9. The third-order valence-electron chi connectivity index (χ3n) is 9.20. The molecule has 0 saturated heterocycles. The summed E-state index contributed by atoms with van der Waals surface area (Å²) < 4.78 is 45.3. The molecule has 0 aliphatic rings. The van der Waals surface area contributed by atoms with Crippen molar-refractivity contribution in [3.8, 4) is 46.0 Å². The van der Waals surface area contributed by atoms with Crippen LogP contribution in [0, 0.1) is 0 Å². The highest BCUT2D eigenvalue weighted by Crippen LogP contribution is 2.46. The van der Waals surface area contributed by atoms with Crippen LogP contribution in [0.5, 0.6) is 46.0 Å². The zero-order valence-electron chi connectivity index (χ0n) is 30.7. The SMILES string of the molecule is COc1cc(C(c2ccc(C(c3cc(OC)c(N)c(OC)c3)c3cc(OC)c(N)c(OC)c3)cc2)c2cc(OC)c(N)c(OC)c2)cc(OC)c1N. The van der Waals surface area contributed by atoms with Gasteiger partial charge in [-0.05, 0) is 81.9 Å². The maximum absolute atomic E-state index is 6.37. The van der Waals surface area contributed by atoms with Crippen molar-refractivity contribution in [1.82, 2.24) is 0 Å². The number of methoxy groups -OCH3 is 8. The van der Waals surface area contributed by atoms with E-state index >= 15 is 0 Å². The number of anilines is 4. The molecule has 0 bridgehead atoms. The average Bonchev–Trinajstić information content (AvgIpc) is 3.17. The van der Waals surface area contributed by atoms with Gasteiger partial charge in [-0.3, -0.25) is 0 Å². The maximum atomic E-state index is 6.37. The second-order valence-electron chi connectivity index (χ2n) is 11.9. The van der Waals surface area contributed by atoms with Crippen LogP contribution in [0.3, 0.4) is 0 Å². The topological polar surface area (TPSA) is 178 Å². The van der Waals surface area contributed by atoms with E-state index in [9.17, 15) is 0 Å². The first-order valence-electron chi connectivity index (χ1n) is 16.2. The number of hydrogen-bond acceptors (Lipinski definition) is 12. The Kier molecular flexibility index (Phi) is 11.2. The highest BCUT2D eigenvalue weighted by Gasteiger charge is 2.27. The molecule has 0 aliphatic carbocycles. The number of ether oxygens (including phenoxy) is 8. The van der Waals surface area contributed by atoms with Gasteiger partial charge in [-0.15, -0.1) is 0 Å². The molecule has 5 rings (SSSR count). The third-order valence-corrected chi connectivity index (χ3v) is 9.20. The number of nitrogens with two attached hydrogens (primary N) is 4. The van der Waals surface area contributed by atoms with Gasteiger partial charge in [-0.25, -0.2) is 0 Å². The predicted octanol–water partition coefficient (Wildman–Crippen LogP) is 6.44. The minimum absolute atomic E-state index is 0.368. The molecule has 0 amide bonds. The van der Waals surface area contributed by atoms with Crippen molar-refractivity contribution in [3.63, 3.8) is 0 Å². The number of benzene rings is 5.